The first-order valence-corrected chi connectivity index (χ1v) is 7.23. The molecule has 0 aliphatic heterocycles. The molecule has 2 aromatic heterocycles. The van der Waals surface area contributed by atoms with Crippen molar-refractivity contribution in [2.75, 3.05) is 6.61 Å². The van der Waals surface area contributed by atoms with Crippen molar-refractivity contribution >= 4 is 34.6 Å². The lowest BCUT2D eigenvalue weighted by Crippen LogP contribution is -2.24. The Balaban J connectivity index is 1.57. The molecule has 0 saturated carbocycles. The van der Waals surface area contributed by atoms with Crippen LogP contribution in [0.15, 0.2) is 53.9 Å². The van der Waals surface area contributed by atoms with Gasteiger partial charge in [-0.15, -0.1) is 0 Å². The van der Waals surface area contributed by atoms with Crippen LogP contribution < -0.4 is 10.2 Å². The maximum atomic E-state index is 11.7. The number of nitrogens with one attached hydrogen (secondary N) is 2. The second-order valence-corrected chi connectivity index (χ2v) is 5.02. The van der Waals surface area contributed by atoms with E-state index >= 15 is 0 Å². The number of aromatic amines is 1. The minimum absolute atomic E-state index is 0.197. The normalized spacial score (nSPS) is 11.0. The number of ether oxygens (including phenoxy) is 1. The third kappa shape index (κ3) is 3.67. The summed E-state index contributed by atoms with van der Waals surface area (Å²) in [6.07, 6.45) is 4.98. The van der Waals surface area contributed by atoms with Gasteiger partial charge < -0.3 is 9.72 Å². The molecule has 2 heterocycles. The first-order chi connectivity index (χ1) is 11.2. The molecule has 0 fully saturated rings. The Labute approximate surface area is 137 Å². The number of rotatable bonds is 5. The summed E-state index contributed by atoms with van der Waals surface area (Å²) in [5.41, 5.74) is 4.32. The molecule has 3 aromatic rings. The summed E-state index contributed by atoms with van der Waals surface area (Å²) in [6, 6.07) is 11.1. The molecule has 0 atom stereocenters. The molecule has 6 nitrogen and oxygen atoms in total. The van der Waals surface area contributed by atoms with Crippen LogP contribution in [0.25, 0.3) is 10.9 Å². The Bertz CT molecular complexity index is 860. The maximum Gasteiger partial charge on any atom is 0.277 e. The molecule has 0 unspecified atom stereocenters. The molecule has 0 spiro atoms. The molecule has 0 aliphatic carbocycles. The van der Waals surface area contributed by atoms with Crippen LogP contribution in [-0.4, -0.2) is 28.7 Å². The molecule has 0 radical (unpaired) electrons. The van der Waals surface area contributed by atoms with Crippen LogP contribution in [0.3, 0.4) is 0 Å². The van der Waals surface area contributed by atoms with E-state index < -0.39 is 0 Å². The number of nitrogens with zero attached hydrogens (tertiary/aromatic N) is 2. The van der Waals surface area contributed by atoms with Crippen LogP contribution >= 0.6 is 11.6 Å². The fourth-order valence-corrected chi connectivity index (χ4v) is 2.22. The van der Waals surface area contributed by atoms with Gasteiger partial charge in [0, 0.05) is 28.9 Å². The van der Waals surface area contributed by atoms with Crippen molar-refractivity contribution in [2.24, 2.45) is 5.10 Å². The highest BCUT2D eigenvalue weighted by Crippen LogP contribution is 2.20. The highest BCUT2D eigenvalue weighted by molar-refractivity contribution is 6.30. The van der Waals surface area contributed by atoms with Crippen molar-refractivity contribution in [3.8, 4) is 5.75 Å². The summed E-state index contributed by atoms with van der Waals surface area (Å²) in [4.78, 5) is 18.7. The minimum atomic E-state index is -0.387. The number of aromatic nitrogens is 2. The number of benzene rings is 1. The van der Waals surface area contributed by atoms with E-state index in [2.05, 4.69) is 20.5 Å². The molecule has 7 heteroatoms. The average molecular weight is 329 g/mol. The molecule has 2 N–H and O–H groups in total. The van der Waals surface area contributed by atoms with Crippen molar-refractivity contribution in [2.45, 2.75) is 0 Å². The first-order valence-electron chi connectivity index (χ1n) is 6.85. The van der Waals surface area contributed by atoms with E-state index in [9.17, 15) is 4.79 Å². The number of carbonyl (C=O) groups excluding carboxylic acids is 1. The van der Waals surface area contributed by atoms with Crippen LogP contribution in [0.5, 0.6) is 5.75 Å². The van der Waals surface area contributed by atoms with Gasteiger partial charge in [-0.3, -0.25) is 4.79 Å². The van der Waals surface area contributed by atoms with Crippen LogP contribution in [0, 0.1) is 0 Å². The predicted molar refractivity (Wildman–Crippen MR) is 88.8 cm³/mol. The molecule has 0 bridgehead atoms. The van der Waals surface area contributed by atoms with Crippen molar-refractivity contribution in [3.05, 3.63) is 59.5 Å². The largest absolute Gasteiger partial charge is 0.480 e. The van der Waals surface area contributed by atoms with E-state index in [4.69, 9.17) is 16.3 Å². The highest BCUT2D eigenvalue weighted by Gasteiger charge is 2.05. The molecular formula is C16H13ClN4O2. The molecule has 116 valence electrons. The molecule has 0 aliphatic rings. The summed E-state index contributed by atoms with van der Waals surface area (Å²) in [5, 5.41) is 5.18. The van der Waals surface area contributed by atoms with Crippen molar-refractivity contribution in [3.63, 3.8) is 0 Å². The fourth-order valence-electron chi connectivity index (χ4n) is 2.05. The molecular weight excluding hydrogens is 316 g/mol. The van der Waals surface area contributed by atoms with E-state index in [1.54, 1.807) is 24.5 Å². The first kappa shape index (κ1) is 15.1. The summed E-state index contributed by atoms with van der Waals surface area (Å²) < 4.78 is 5.27. The van der Waals surface area contributed by atoms with Crippen molar-refractivity contribution in [1.29, 1.82) is 0 Å². The molecule has 3 rings (SSSR count). The maximum absolute atomic E-state index is 11.7. The second-order valence-electron chi connectivity index (χ2n) is 4.66. The van der Waals surface area contributed by atoms with Crippen LogP contribution in [-0.2, 0) is 4.79 Å². The van der Waals surface area contributed by atoms with Gasteiger partial charge in [-0.1, -0.05) is 23.7 Å². The number of amides is 1. The predicted octanol–water partition coefficient (Wildman–Crippen LogP) is 2.75. The third-order valence-electron chi connectivity index (χ3n) is 3.11. The minimum Gasteiger partial charge on any atom is -0.480 e. The van der Waals surface area contributed by atoms with E-state index in [0.717, 1.165) is 16.5 Å². The lowest BCUT2D eigenvalue weighted by molar-refractivity contribution is -0.123. The number of hydrazone groups is 1. The summed E-state index contributed by atoms with van der Waals surface area (Å²) in [7, 11) is 0. The zero-order valence-corrected chi connectivity index (χ0v) is 12.7. The Morgan fingerprint density at radius 2 is 2.26 bits per heavy atom. The van der Waals surface area contributed by atoms with Crippen LogP contribution in [0.1, 0.15) is 5.56 Å². The quantitative estimate of drug-likeness (QED) is 0.429. The van der Waals surface area contributed by atoms with Gasteiger partial charge in [0.2, 0.25) is 0 Å². The Hall–Kier alpha value is -2.86. The highest BCUT2D eigenvalue weighted by atomic mass is 35.5. The molecule has 1 amide bonds. The summed E-state index contributed by atoms with van der Waals surface area (Å²) in [5.74, 6) is -0.0344. The van der Waals surface area contributed by atoms with Crippen molar-refractivity contribution in [1.82, 2.24) is 15.4 Å². The van der Waals surface area contributed by atoms with Crippen molar-refractivity contribution < 1.29 is 9.53 Å². The van der Waals surface area contributed by atoms with Gasteiger partial charge >= 0.3 is 0 Å². The number of halogens is 1. The number of hydrogen-bond donors (Lipinski definition) is 2. The lowest BCUT2D eigenvalue weighted by atomic mass is 10.1. The lowest BCUT2D eigenvalue weighted by Gasteiger charge is -2.05. The molecule has 1 aromatic carbocycles. The monoisotopic (exact) mass is 328 g/mol. The van der Waals surface area contributed by atoms with E-state index in [1.165, 1.54) is 0 Å². The zero-order chi connectivity index (χ0) is 16.1. The van der Waals surface area contributed by atoms with Crippen LogP contribution in [0.4, 0.5) is 0 Å². The third-order valence-corrected chi connectivity index (χ3v) is 3.39. The van der Waals surface area contributed by atoms with Gasteiger partial charge in [0.1, 0.15) is 0 Å². The standard InChI is InChI=1S/C16H13ClN4O2/c17-16-14(5-2-7-19-16)23-10-15(22)21-20-9-11-3-1-4-13-12(11)6-8-18-13/h1-9,18H,10H2,(H,21,22). The van der Waals surface area contributed by atoms with Gasteiger partial charge in [-0.2, -0.15) is 5.10 Å². The number of pyridine rings is 1. The molecule has 0 saturated heterocycles. The second kappa shape index (κ2) is 6.93. The summed E-state index contributed by atoms with van der Waals surface area (Å²) >= 11 is 5.84. The summed E-state index contributed by atoms with van der Waals surface area (Å²) in [6.45, 7) is -0.197. The number of carbonyl (C=O) groups is 1. The topological polar surface area (TPSA) is 79.4 Å². The zero-order valence-electron chi connectivity index (χ0n) is 12.0. The Kier molecular flexibility index (Phi) is 4.54. The van der Waals surface area contributed by atoms with Crippen LogP contribution in [0.2, 0.25) is 5.15 Å². The smallest absolute Gasteiger partial charge is 0.277 e. The Morgan fingerprint density at radius 1 is 1.35 bits per heavy atom. The average Bonchev–Trinajstić information content (AvgIpc) is 3.03. The van der Waals surface area contributed by atoms with Gasteiger partial charge in [0.15, 0.2) is 17.5 Å². The number of fused-ring (bicyclic) bond motifs is 1. The SMILES string of the molecule is O=C(COc1cccnc1Cl)NN=Cc1cccc2[nH]ccc12. The van der Waals surface area contributed by atoms with Gasteiger partial charge in [0.05, 0.1) is 6.21 Å². The molecule has 23 heavy (non-hydrogen) atoms. The van der Waals surface area contributed by atoms with Gasteiger partial charge in [-0.05, 0) is 24.3 Å². The van der Waals surface area contributed by atoms with E-state index in [0.29, 0.717) is 5.75 Å². The van der Waals surface area contributed by atoms with E-state index in [-0.39, 0.29) is 17.7 Å². The fraction of sp³-hybridized carbons (Fsp3) is 0.0625. The number of H-pyrrole nitrogens is 1. The Morgan fingerprint density at radius 3 is 3.13 bits per heavy atom. The number of hydrogen-bond acceptors (Lipinski definition) is 4. The van der Waals surface area contributed by atoms with Gasteiger partial charge in [0.25, 0.3) is 5.91 Å². The van der Waals surface area contributed by atoms with E-state index in [1.807, 2.05) is 30.5 Å². The van der Waals surface area contributed by atoms with Gasteiger partial charge in [-0.25, -0.2) is 10.4 Å².